The molecule has 2 unspecified atom stereocenters. The Balaban J connectivity index is 1.11. The first-order chi connectivity index (χ1) is 21.8. The highest BCUT2D eigenvalue weighted by atomic mass is 32.2. The molecule has 2 aromatic heterocycles. The number of aromatic nitrogens is 4. The molecule has 3 aromatic rings. The Hall–Kier alpha value is -3.33. The normalized spacial score (nSPS) is 26.3. The number of aliphatic hydroxyl groups excluding tert-OH is 2. The van der Waals surface area contributed by atoms with Crippen LogP contribution in [0.2, 0.25) is 0 Å². The molecule has 3 aliphatic heterocycles. The first-order valence-corrected chi connectivity index (χ1v) is 16.8. The number of ether oxygens (including phenoxy) is 1. The van der Waals surface area contributed by atoms with Gasteiger partial charge in [0, 0.05) is 40.9 Å². The third-order valence-electron chi connectivity index (χ3n) is 9.19. The third kappa shape index (κ3) is 5.63. The van der Waals surface area contributed by atoms with Gasteiger partial charge in [-0.2, -0.15) is 0 Å². The number of benzene rings is 1. The van der Waals surface area contributed by atoms with Crippen LogP contribution in [0.5, 0.6) is 0 Å². The van der Waals surface area contributed by atoms with Gasteiger partial charge >= 0.3 is 6.97 Å². The van der Waals surface area contributed by atoms with Crippen molar-refractivity contribution < 1.29 is 36.7 Å². The van der Waals surface area contributed by atoms with Crippen LogP contribution in [0.1, 0.15) is 61.3 Å². The van der Waals surface area contributed by atoms with E-state index < -0.39 is 47.7 Å². The number of allylic oxidation sites excluding steroid dienone is 3. The largest absolute Gasteiger partial charge is 0.737 e. The highest BCUT2D eigenvalue weighted by Gasteiger charge is 2.54. The van der Waals surface area contributed by atoms with Crippen LogP contribution < -0.4 is 0 Å². The lowest BCUT2D eigenvalue weighted by molar-refractivity contribution is -0.363. The summed E-state index contributed by atoms with van der Waals surface area (Å²) < 4.78 is 69.3. The molecule has 0 bridgehead atoms. The number of hydrogen-bond donors (Lipinski definition) is 2. The molecule has 5 heterocycles. The lowest BCUT2D eigenvalue weighted by Gasteiger charge is -2.38. The van der Waals surface area contributed by atoms with Crippen molar-refractivity contribution in [2.45, 2.75) is 102 Å². The Bertz CT molecular complexity index is 1780. The molecule has 0 saturated carbocycles. The van der Waals surface area contributed by atoms with Gasteiger partial charge in [-0.25, -0.2) is 9.07 Å². The summed E-state index contributed by atoms with van der Waals surface area (Å²) in [7, 11) is -1.92. The number of halogens is 3. The van der Waals surface area contributed by atoms with Crippen molar-refractivity contribution >= 4 is 29.1 Å². The molecule has 9 nitrogen and oxygen atoms in total. The van der Waals surface area contributed by atoms with Gasteiger partial charge in [0.15, 0.2) is 17.3 Å². The van der Waals surface area contributed by atoms with Crippen LogP contribution in [-0.4, -0.2) is 81.0 Å². The maximum absolute atomic E-state index is 15.8. The predicted octanol–water partition coefficient (Wildman–Crippen LogP) is 4.39. The van der Waals surface area contributed by atoms with Gasteiger partial charge in [-0.15, -0.1) is 5.10 Å². The van der Waals surface area contributed by atoms with Crippen LogP contribution in [0.15, 0.2) is 58.8 Å². The summed E-state index contributed by atoms with van der Waals surface area (Å²) in [5, 5.41) is 29.3. The molecule has 3 aliphatic rings. The third-order valence-corrected chi connectivity index (χ3v) is 10.7. The average Bonchev–Trinajstić information content (AvgIpc) is 3.68. The molecular weight excluding hydrogens is 618 g/mol. The van der Waals surface area contributed by atoms with Crippen molar-refractivity contribution in [3.05, 3.63) is 82.1 Å². The van der Waals surface area contributed by atoms with Crippen LogP contribution in [0.4, 0.5) is 13.0 Å². The second kappa shape index (κ2) is 12.4. The molecule has 0 amide bonds. The topological polar surface area (TPSA) is 105 Å². The number of hydrogen-bond acceptors (Lipinski definition) is 6. The zero-order valence-corrected chi connectivity index (χ0v) is 27.3. The zero-order valence-electron chi connectivity index (χ0n) is 26.5. The molecule has 46 heavy (non-hydrogen) atoms. The SMILES string of the molecule is CC1=CC(C)=[N+]2C1=C(CCCCc1cn(C[C@H]3OC(S(=O)c4ccc(C)cc4)[C@H](F)[C@@H](O)[C@@H]3O)nn1)c1c(C)cc(C)n1[B-]2(F)F. The summed E-state index contributed by atoms with van der Waals surface area (Å²) >= 11 is 0. The average molecular weight is 658 g/mol. The molecule has 0 spiro atoms. The second-order valence-electron chi connectivity index (χ2n) is 12.7. The van der Waals surface area contributed by atoms with E-state index in [0.717, 1.165) is 35.1 Å². The quantitative estimate of drug-likeness (QED) is 0.262. The Morgan fingerprint density at radius 3 is 2.46 bits per heavy atom. The summed E-state index contributed by atoms with van der Waals surface area (Å²) in [5.41, 5.74) is 5.05. The highest BCUT2D eigenvalue weighted by Crippen LogP contribution is 2.43. The smallest absolute Gasteiger partial charge is 0.394 e. The van der Waals surface area contributed by atoms with E-state index in [1.165, 1.54) is 13.6 Å². The van der Waals surface area contributed by atoms with E-state index in [-0.39, 0.29) is 6.54 Å². The lowest BCUT2D eigenvalue weighted by atomic mass is 9.84. The van der Waals surface area contributed by atoms with Gasteiger partial charge in [-0.3, -0.25) is 4.21 Å². The second-order valence-corrected chi connectivity index (χ2v) is 14.2. The van der Waals surface area contributed by atoms with Gasteiger partial charge in [0.05, 0.1) is 23.0 Å². The summed E-state index contributed by atoms with van der Waals surface area (Å²) in [6.07, 6.45) is -0.267. The highest BCUT2D eigenvalue weighted by molar-refractivity contribution is 7.85. The van der Waals surface area contributed by atoms with Crippen molar-refractivity contribution in [1.82, 2.24) is 19.5 Å². The summed E-state index contributed by atoms with van der Waals surface area (Å²) in [5.74, 6) is 0. The first-order valence-electron chi connectivity index (χ1n) is 15.6. The molecule has 1 fully saturated rings. The van der Waals surface area contributed by atoms with E-state index in [0.29, 0.717) is 46.2 Å². The van der Waals surface area contributed by atoms with Gasteiger partial charge < -0.3 is 32.5 Å². The summed E-state index contributed by atoms with van der Waals surface area (Å²) in [6, 6.07) is 8.59. The molecule has 2 N–H and O–H groups in total. The molecule has 6 rings (SSSR count). The molecule has 14 heteroatoms. The van der Waals surface area contributed by atoms with Gasteiger partial charge in [-0.1, -0.05) is 22.9 Å². The Kier molecular flexibility index (Phi) is 8.77. The van der Waals surface area contributed by atoms with E-state index in [4.69, 9.17) is 4.74 Å². The van der Waals surface area contributed by atoms with Gasteiger partial charge in [0.25, 0.3) is 0 Å². The van der Waals surface area contributed by atoms with Crippen LogP contribution in [-0.2, 0) is 28.5 Å². The van der Waals surface area contributed by atoms with E-state index >= 15 is 8.63 Å². The van der Waals surface area contributed by atoms with E-state index in [9.17, 15) is 18.8 Å². The van der Waals surface area contributed by atoms with Crippen molar-refractivity contribution in [3.8, 4) is 0 Å². The minimum Gasteiger partial charge on any atom is -0.394 e. The standard InChI is InChI=1S/C32H39BF3N5O4S/c1-18-10-12-24(13-11-18)46(44)32-27(34)31(43)30(42)26(45-32)17-39-16-23(37-38-39)8-6-7-9-25-28-19(2)14-21(4)40(28)33(35,36)41-22(5)15-20(3)29(25)41/h10-16,26-27,30-32,42-43H,6-9,17H2,1-5H3/t26-,27-,30-,31-,32?,46?/m1/s1. The molecule has 0 aliphatic carbocycles. The molecule has 6 atom stereocenters. The number of alkyl halides is 1. The number of aliphatic hydroxyl groups is 2. The van der Waals surface area contributed by atoms with Crippen molar-refractivity contribution in [2.24, 2.45) is 0 Å². The van der Waals surface area contributed by atoms with Crippen molar-refractivity contribution in [1.29, 1.82) is 0 Å². The van der Waals surface area contributed by atoms with Gasteiger partial charge in [0.1, 0.15) is 24.0 Å². The molecule has 0 radical (unpaired) electrons. The minimum absolute atomic E-state index is 0.0291. The number of nitrogens with zero attached hydrogens (tertiary/aromatic N) is 5. The Morgan fingerprint density at radius 2 is 1.74 bits per heavy atom. The van der Waals surface area contributed by atoms with Crippen molar-refractivity contribution in [3.63, 3.8) is 0 Å². The summed E-state index contributed by atoms with van der Waals surface area (Å²) in [4.78, 5) is 0.363. The Morgan fingerprint density at radius 1 is 1.04 bits per heavy atom. The Labute approximate surface area is 268 Å². The van der Waals surface area contributed by atoms with Crippen LogP contribution in [0.25, 0.3) is 5.57 Å². The first kappa shape index (κ1) is 32.6. The van der Waals surface area contributed by atoms with Crippen molar-refractivity contribution in [2.75, 3.05) is 0 Å². The maximum Gasteiger partial charge on any atom is 0.737 e. The fourth-order valence-corrected chi connectivity index (χ4v) is 8.34. The molecule has 1 aromatic carbocycles. The van der Waals surface area contributed by atoms with Crippen LogP contribution in [0.3, 0.4) is 0 Å². The number of fused-ring (bicyclic) bond motifs is 2. The van der Waals surface area contributed by atoms with E-state index in [1.807, 2.05) is 32.9 Å². The van der Waals surface area contributed by atoms with E-state index in [2.05, 4.69) is 10.3 Å². The zero-order chi connectivity index (χ0) is 33.1. The van der Waals surface area contributed by atoms with Gasteiger partial charge in [-0.05, 0) is 82.8 Å². The monoisotopic (exact) mass is 657 g/mol. The van der Waals surface area contributed by atoms with Crippen LogP contribution >= 0.6 is 0 Å². The maximum atomic E-state index is 15.8. The number of aryl methyl sites for hydroxylation is 4. The number of unbranched alkanes of at least 4 members (excludes halogenated alkanes) is 1. The van der Waals surface area contributed by atoms with Crippen LogP contribution in [0, 0.1) is 20.8 Å². The molecular formula is C32H39BF3N5O4S. The molecule has 1 saturated heterocycles. The fourth-order valence-electron chi connectivity index (χ4n) is 7.02. The fraction of sp³-hybridized carbons (Fsp3) is 0.469. The predicted molar refractivity (Wildman–Crippen MR) is 170 cm³/mol. The molecule has 246 valence electrons. The minimum atomic E-state index is -4.00. The van der Waals surface area contributed by atoms with Gasteiger partial charge in [0.2, 0.25) is 0 Å². The summed E-state index contributed by atoms with van der Waals surface area (Å²) in [6.45, 7) is 5.06. The van der Waals surface area contributed by atoms with E-state index in [1.54, 1.807) is 44.3 Å². The number of rotatable bonds is 9. The lowest BCUT2D eigenvalue weighted by Crippen LogP contribution is -2.58.